The minimum absolute atomic E-state index is 0.0100. The summed E-state index contributed by atoms with van der Waals surface area (Å²) >= 11 is 11.8. The van der Waals surface area contributed by atoms with Gasteiger partial charge in [0.05, 0.1) is 23.4 Å². The Kier molecular flexibility index (Phi) is 6.06. The molecule has 1 saturated heterocycles. The molecule has 1 unspecified atom stereocenters. The fraction of sp³-hybridized carbons (Fsp3) is 0.467. The van der Waals surface area contributed by atoms with Gasteiger partial charge in [-0.2, -0.15) is 0 Å². The number of anilines is 1. The van der Waals surface area contributed by atoms with Crippen molar-refractivity contribution in [2.75, 3.05) is 25.0 Å². The summed E-state index contributed by atoms with van der Waals surface area (Å²) in [4.78, 5) is 25.3. The maximum atomic E-state index is 12.1. The average Bonchev–Trinajstić information content (AvgIpc) is 2.94. The number of hydrogen-bond acceptors (Lipinski definition) is 3. The molecular weight excluding hydrogens is 327 g/mol. The summed E-state index contributed by atoms with van der Waals surface area (Å²) in [5, 5.41) is 3.53. The minimum Gasteiger partial charge on any atom is -0.376 e. The third kappa shape index (κ3) is 4.87. The number of ether oxygens (including phenoxy) is 1. The van der Waals surface area contributed by atoms with Crippen molar-refractivity contribution in [1.82, 2.24) is 4.90 Å². The van der Waals surface area contributed by atoms with E-state index >= 15 is 0 Å². The standard InChI is InChI=1S/C15H18Cl2N2O3/c1-10(20)19(8-12-3-2-6-22-12)9-15(21)18-14-5-4-11(16)7-13(14)17/h4-5,7,12H,2-3,6,8-9H2,1H3,(H,18,21). The van der Waals surface area contributed by atoms with Gasteiger partial charge in [-0.15, -0.1) is 0 Å². The van der Waals surface area contributed by atoms with E-state index < -0.39 is 0 Å². The molecule has 1 N–H and O–H groups in total. The van der Waals surface area contributed by atoms with E-state index in [4.69, 9.17) is 27.9 Å². The number of benzene rings is 1. The zero-order valence-electron chi connectivity index (χ0n) is 12.3. The molecule has 0 radical (unpaired) electrons. The van der Waals surface area contributed by atoms with Crippen molar-refractivity contribution in [2.24, 2.45) is 0 Å². The van der Waals surface area contributed by atoms with Crippen molar-refractivity contribution in [3.8, 4) is 0 Å². The second kappa shape index (κ2) is 7.81. The number of nitrogens with one attached hydrogen (secondary N) is 1. The summed E-state index contributed by atoms with van der Waals surface area (Å²) < 4.78 is 5.50. The zero-order valence-corrected chi connectivity index (χ0v) is 13.8. The van der Waals surface area contributed by atoms with Crippen molar-refractivity contribution in [3.05, 3.63) is 28.2 Å². The fourth-order valence-corrected chi connectivity index (χ4v) is 2.75. The second-order valence-corrected chi connectivity index (χ2v) is 6.05. The Morgan fingerprint density at radius 3 is 2.77 bits per heavy atom. The van der Waals surface area contributed by atoms with Crippen molar-refractivity contribution >= 4 is 40.7 Å². The van der Waals surface area contributed by atoms with Crippen LogP contribution in [0.3, 0.4) is 0 Å². The minimum atomic E-state index is -0.308. The summed E-state index contributed by atoms with van der Waals surface area (Å²) in [6.45, 7) is 2.55. The fourth-order valence-electron chi connectivity index (χ4n) is 2.29. The second-order valence-electron chi connectivity index (χ2n) is 5.21. The molecule has 0 saturated carbocycles. The van der Waals surface area contributed by atoms with Crippen LogP contribution in [-0.4, -0.2) is 42.5 Å². The van der Waals surface area contributed by atoms with Crippen LogP contribution >= 0.6 is 23.2 Å². The van der Waals surface area contributed by atoms with E-state index in [1.807, 2.05) is 0 Å². The number of hydrogen-bond donors (Lipinski definition) is 1. The monoisotopic (exact) mass is 344 g/mol. The molecule has 1 heterocycles. The molecule has 5 nitrogen and oxygen atoms in total. The summed E-state index contributed by atoms with van der Waals surface area (Å²) in [6, 6.07) is 4.81. The Morgan fingerprint density at radius 1 is 1.41 bits per heavy atom. The molecule has 1 aliphatic heterocycles. The van der Waals surface area contributed by atoms with Crippen molar-refractivity contribution < 1.29 is 14.3 Å². The van der Waals surface area contributed by atoms with Crippen molar-refractivity contribution in [1.29, 1.82) is 0 Å². The Balaban J connectivity index is 1.94. The predicted octanol–water partition coefficient (Wildman–Crippen LogP) is 2.96. The molecule has 1 aliphatic rings. The molecule has 2 amide bonds. The Hall–Kier alpha value is -1.30. The number of carbonyl (C=O) groups is 2. The highest BCUT2D eigenvalue weighted by Gasteiger charge is 2.22. The molecule has 1 aromatic rings. The number of amides is 2. The first kappa shape index (κ1) is 17.1. The quantitative estimate of drug-likeness (QED) is 0.893. The van der Waals surface area contributed by atoms with Crippen LogP contribution in [0.1, 0.15) is 19.8 Å². The van der Waals surface area contributed by atoms with Gasteiger partial charge in [-0.3, -0.25) is 9.59 Å². The highest BCUT2D eigenvalue weighted by molar-refractivity contribution is 6.36. The van der Waals surface area contributed by atoms with Gasteiger partial charge in [-0.25, -0.2) is 0 Å². The van der Waals surface area contributed by atoms with Crippen molar-refractivity contribution in [2.45, 2.75) is 25.9 Å². The van der Waals surface area contributed by atoms with E-state index in [2.05, 4.69) is 5.32 Å². The lowest BCUT2D eigenvalue weighted by Gasteiger charge is -2.23. The molecule has 1 atom stereocenters. The Morgan fingerprint density at radius 2 is 2.18 bits per heavy atom. The molecule has 1 fully saturated rings. The van der Waals surface area contributed by atoms with Crippen LogP contribution in [0.15, 0.2) is 18.2 Å². The van der Waals surface area contributed by atoms with Gasteiger partial charge in [0.2, 0.25) is 11.8 Å². The van der Waals surface area contributed by atoms with E-state index in [1.165, 1.54) is 11.8 Å². The van der Waals surface area contributed by atoms with Gasteiger partial charge in [0.15, 0.2) is 0 Å². The smallest absolute Gasteiger partial charge is 0.244 e. The molecule has 7 heteroatoms. The van der Waals surface area contributed by atoms with Crippen LogP contribution in [0.5, 0.6) is 0 Å². The summed E-state index contributed by atoms with van der Waals surface area (Å²) in [5.41, 5.74) is 0.469. The highest BCUT2D eigenvalue weighted by Crippen LogP contribution is 2.25. The summed E-state index contributed by atoms with van der Waals surface area (Å²) in [6.07, 6.45) is 1.91. The number of carbonyl (C=O) groups excluding carboxylic acids is 2. The molecule has 0 aromatic heterocycles. The van der Waals surface area contributed by atoms with Gasteiger partial charge in [-0.1, -0.05) is 23.2 Å². The normalized spacial score (nSPS) is 17.3. The SMILES string of the molecule is CC(=O)N(CC(=O)Nc1ccc(Cl)cc1Cl)CC1CCCO1. The lowest BCUT2D eigenvalue weighted by molar-refractivity contribution is -0.134. The van der Waals surface area contributed by atoms with E-state index in [1.54, 1.807) is 18.2 Å². The Labute approximate surface area is 139 Å². The van der Waals surface area contributed by atoms with Gasteiger partial charge in [0.25, 0.3) is 0 Å². The van der Waals surface area contributed by atoms with Gasteiger partial charge < -0.3 is 15.0 Å². The van der Waals surface area contributed by atoms with E-state index in [-0.39, 0.29) is 24.5 Å². The average molecular weight is 345 g/mol. The van der Waals surface area contributed by atoms with Crippen LogP contribution in [0.2, 0.25) is 10.0 Å². The molecule has 22 heavy (non-hydrogen) atoms. The first-order valence-corrected chi connectivity index (χ1v) is 7.83. The molecule has 0 spiro atoms. The first-order valence-electron chi connectivity index (χ1n) is 7.07. The zero-order chi connectivity index (χ0) is 16.1. The first-order chi connectivity index (χ1) is 10.5. The van der Waals surface area contributed by atoms with Crippen LogP contribution in [0, 0.1) is 0 Å². The molecule has 0 aliphatic carbocycles. The summed E-state index contributed by atoms with van der Waals surface area (Å²) in [7, 11) is 0. The lowest BCUT2D eigenvalue weighted by Crippen LogP contribution is -2.41. The molecule has 1 aromatic carbocycles. The third-order valence-electron chi connectivity index (χ3n) is 3.43. The maximum absolute atomic E-state index is 12.1. The molecule has 0 bridgehead atoms. The molecule has 2 rings (SSSR count). The van der Waals surface area contributed by atoms with E-state index in [0.29, 0.717) is 28.9 Å². The van der Waals surface area contributed by atoms with Crippen LogP contribution < -0.4 is 5.32 Å². The number of rotatable bonds is 5. The van der Waals surface area contributed by atoms with Crippen molar-refractivity contribution in [3.63, 3.8) is 0 Å². The van der Waals surface area contributed by atoms with Crippen LogP contribution in [-0.2, 0) is 14.3 Å². The lowest BCUT2D eigenvalue weighted by atomic mass is 10.2. The van der Waals surface area contributed by atoms with Crippen LogP contribution in [0.25, 0.3) is 0 Å². The molecular formula is C15H18Cl2N2O3. The van der Waals surface area contributed by atoms with Gasteiger partial charge in [0.1, 0.15) is 0 Å². The molecule has 120 valence electrons. The maximum Gasteiger partial charge on any atom is 0.244 e. The third-order valence-corrected chi connectivity index (χ3v) is 3.98. The number of nitrogens with zero attached hydrogens (tertiary/aromatic N) is 1. The largest absolute Gasteiger partial charge is 0.376 e. The summed E-state index contributed by atoms with van der Waals surface area (Å²) in [5.74, 6) is -0.467. The van der Waals surface area contributed by atoms with E-state index in [0.717, 1.165) is 12.8 Å². The van der Waals surface area contributed by atoms with Gasteiger partial charge in [0, 0.05) is 25.1 Å². The predicted molar refractivity (Wildman–Crippen MR) is 86.3 cm³/mol. The highest BCUT2D eigenvalue weighted by atomic mass is 35.5. The number of halogens is 2. The van der Waals surface area contributed by atoms with Crippen LogP contribution in [0.4, 0.5) is 5.69 Å². The van der Waals surface area contributed by atoms with Gasteiger partial charge in [-0.05, 0) is 31.0 Å². The Bertz CT molecular complexity index is 560. The van der Waals surface area contributed by atoms with Gasteiger partial charge >= 0.3 is 0 Å². The van der Waals surface area contributed by atoms with E-state index in [9.17, 15) is 9.59 Å². The topological polar surface area (TPSA) is 58.6 Å².